The van der Waals surface area contributed by atoms with Crippen LogP contribution in [-0.4, -0.2) is 20.5 Å². The fourth-order valence-electron chi connectivity index (χ4n) is 2.87. The van der Waals surface area contributed by atoms with Gasteiger partial charge in [-0.1, -0.05) is 19.4 Å². The first kappa shape index (κ1) is 17.8. The number of nitrogens with zero attached hydrogens (tertiary/aromatic N) is 3. The molecule has 0 spiro atoms. The molecular formula is C20H21FN4O. The molecule has 3 rings (SSSR count). The van der Waals surface area contributed by atoms with E-state index in [2.05, 4.69) is 15.1 Å². The molecule has 26 heavy (non-hydrogen) atoms. The maximum absolute atomic E-state index is 13.2. The van der Waals surface area contributed by atoms with Crippen LogP contribution in [0.4, 0.5) is 10.2 Å². The van der Waals surface area contributed by atoms with Gasteiger partial charge < -0.3 is 0 Å². The number of aliphatic imine (C=N–C) groups is 1. The summed E-state index contributed by atoms with van der Waals surface area (Å²) in [6.45, 7) is 5.79. The molecule has 0 radical (unpaired) electrons. The lowest BCUT2D eigenvalue weighted by molar-refractivity contribution is 0.626. The molecule has 1 aromatic carbocycles. The number of aromatic amines is 1. The van der Waals surface area contributed by atoms with Crippen molar-refractivity contribution in [1.29, 1.82) is 0 Å². The van der Waals surface area contributed by atoms with Gasteiger partial charge in [-0.2, -0.15) is 0 Å². The van der Waals surface area contributed by atoms with Crippen molar-refractivity contribution in [1.82, 2.24) is 14.8 Å². The molecule has 0 bridgehead atoms. The van der Waals surface area contributed by atoms with E-state index in [9.17, 15) is 9.18 Å². The van der Waals surface area contributed by atoms with Gasteiger partial charge in [-0.3, -0.25) is 9.89 Å². The molecule has 0 unspecified atom stereocenters. The largest absolute Gasteiger partial charge is 0.294 e. The third-order valence-electron chi connectivity index (χ3n) is 4.17. The number of H-pyrrole nitrogens is 1. The number of hydrogen-bond acceptors (Lipinski definition) is 3. The fourth-order valence-corrected chi connectivity index (χ4v) is 2.87. The van der Waals surface area contributed by atoms with E-state index >= 15 is 0 Å². The van der Waals surface area contributed by atoms with E-state index in [0.717, 1.165) is 17.7 Å². The molecule has 5 nitrogen and oxygen atoms in total. The molecule has 0 saturated carbocycles. The zero-order valence-electron chi connectivity index (χ0n) is 15.1. The highest BCUT2D eigenvalue weighted by Gasteiger charge is 2.17. The summed E-state index contributed by atoms with van der Waals surface area (Å²) in [6.07, 6.45) is 3.28. The van der Waals surface area contributed by atoms with Crippen LogP contribution in [0.5, 0.6) is 0 Å². The van der Waals surface area contributed by atoms with Crippen LogP contribution in [-0.2, 0) is 6.42 Å². The fraction of sp³-hybridized carbons (Fsp3) is 0.250. The average molecular weight is 352 g/mol. The minimum atomic E-state index is -0.342. The van der Waals surface area contributed by atoms with Gasteiger partial charge in [-0.05, 0) is 56.2 Å². The van der Waals surface area contributed by atoms with E-state index in [4.69, 9.17) is 0 Å². The van der Waals surface area contributed by atoms with Crippen LogP contribution in [0.2, 0.25) is 0 Å². The van der Waals surface area contributed by atoms with Crippen molar-refractivity contribution >= 4 is 11.5 Å². The minimum Gasteiger partial charge on any atom is -0.294 e. The number of pyridine rings is 1. The summed E-state index contributed by atoms with van der Waals surface area (Å²) in [6, 6.07) is 9.59. The number of aromatic nitrogens is 3. The maximum atomic E-state index is 13.2. The summed E-state index contributed by atoms with van der Waals surface area (Å²) >= 11 is 0. The highest BCUT2D eigenvalue weighted by Crippen LogP contribution is 2.17. The average Bonchev–Trinajstić information content (AvgIpc) is 2.94. The summed E-state index contributed by atoms with van der Waals surface area (Å²) in [7, 11) is 0. The van der Waals surface area contributed by atoms with Gasteiger partial charge in [0, 0.05) is 11.9 Å². The number of halogens is 1. The van der Waals surface area contributed by atoms with Gasteiger partial charge in [0.25, 0.3) is 5.56 Å². The number of aryl methyl sites for hydroxylation is 2. The van der Waals surface area contributed by atoms with Gasteiger partial charge in [-0.25, -0.2) is 19.0 Å². The highest BCUT2D eigenvalue weighted by atomic mass is 19.1. The number of benzene rings is 1. The van der Waals surface area contributed by atoms with Gasteiger partial charge >= 0.3 is 0 Å². The second-order valence-electron chi connectivity index (χ2n) is 6.17. The van der Waals surface area contributed by atoms with Crippen LogP contribution in [0.1, 0.15) is 37.1 Å². The van der Waals surface area contributed by atoms with Crippen molar-refractivity contribution in [3.8, 4) is 5.69 Å². The van der Waals surface area contributed by atoms with Crippen molar-refractivity contribution in [2.45, 2.75) is 33.6 Å². The van der Waals surface area contributed by atoms with E-state index in [1.807, 2.05) is 32.9 Å². The minimum absolute atomic E-state index is 0.199. The SMILES string of the molecule is CCCc1[nH]n(-c2ccc(F)cc2)c(=O)c1C(C)=Nc1ncccc1C. The van der Waals surface area contributed by atoms with Gasteiger partial charge in [0.1, 0.15) is 5.82 Å². The van der Waals surface area contributed by atoms with Crippen molar-refractivity contribution in [3.63, 3.8) is 0 Å². The predicted molar refractivity (Wildman–Crippen MR) is 101 cm³/mol. The molecule has 2 aromatic heterocycles. The predicted octanol–water partition coefficient (Wildman–Crippen LogP) is 4.10. The Bertz CT molecular complexity index is 999. The Kier molecular flexibility index (Phi) is 5.11. The number of nitrogens with one attached hydrogen (secondary N) is 1. The highest BCUT2D eigenvalue weighted by molar-refractivity contribution is 6.01. The molecule has 0 aliphatic carbocycles. The van der Waals surface area contributed by atoms with Crippen LogP contribution in [0.15, 0.2) is 52.4 Å². The van der Waals surface area contributed by atoms with Crippen molar-refractivity contribution in [2.24, 2.45) is 4.99 Å². The third kappa shape index (κ3) is 3.49. The summed E-state index contributed by atoms with van der Waals surface area (Å²) in [4.78, 5) is 21.8. The molecule has 3 aromatic rings. The Balaban J connectivity index is 2.13. The van der Waals surface area contributed by atoms with E-state index in [0.29, 0.717) is 29.2 Å². The summed E-state index contributed by atoms with van der Waals surface area (Å²) < 4.78 is 14.6. The van der Waals surface area contributed by atoms with Crippen LogP contribution in [0.25, 0.3) is 5.69 Å². The maximum Gasteiger partial charge on any atom is 0.280 e. The van der Waals surface area contributed by atoms with E-state index in [1.54, 1.807) is 18.3 Å². The van der Waals surface area contributed by atoms with E-state index in [-0.39, 0.29) is 11.4 Å². The molecule has 134 valence electrons. The lowest BCUT2D eigenvalue weighted by atomic mass is 10.1. The zero-order valence-corrected chi connectivity index (χ0v) is 15.1. The van der Waals surface area contributed by atoms with Crippen molar-refractivity contribution < 1.29 is 4.39 Å². The van der Waals surface area contributed by atoms with Gasteiger partial charge in [-0.15, -0.1) is 0 Å². The molecule has 6 heteroatoms. The second-order valence-corrected chi connectivity index (χ2v) is 6.17. The molecule has 0 aliphatic heterocycles. The lowest BCUT2D eigenvalue weighted by Gasteiger charge is -2.02. The summed E-state index contributed by atoms with van der Waals surface area (Å²) in [5.74, 6) is 0.257. The Labute approximate surface area is 151 Å². The first-order valence-corrected chi connectivity index (χ1v) is 8.58. The summed E-state index contributed by atoms with van der Waals surface area (Å²) in [5.41, 5.74) is 3.30. The smallest absolute Gasteiger partial charge is 0.280 e. The van der Waals surface area contributed by atoms with Gasteiger partial charge in [0.2, 0.25) is 0 Å². The Morgan fingerprint density at radius 2 is 2.00 bits per heavy atom. The molecule has 0 atom stereocenters. The standard InChI is InChI=1S/C20H21FN4O/c1-4-6-17-18(14(3)23-19-13(2)7-5-12-22-19)20(26)25(24-17)16-10-8-15(21)9-11-16/h5,7-12,24H,4,6H2,1-3H3. The van der Waals surface area contributed by atoms with Crippen molar-refractivity contribution in [3.05, 3.63) is 75.6 Å². The molecule has 0 saturated heterocycles. The molecule has 2 heterocycles. The van der Waals surface area contributed by atoms with Crippen molar-refractivity contribution in [2.75, 3.05) is 0 Å². The molecule has 0 amide bonds. The molecule has 0 aliphatic rings. The quantitative estimate of drug-likeness (QED) is 0.703. The van der Waals surface area contributed by atoms with Crippen LogP contribution >= 0.6 is 0 Å². The third-order valence-corrected chi connectivity index (χ3v) is 4.17. The van der Waals surface area contributed by atoms with Crippen LogP contribution < -0.4 is 5.56 Å². The Hall–Kier alpha value is -3.02. The number of rotatable bonds is 5. The Morgan fingerprint density at radius 1 is 1.27 bits per heavy atom. The summed E-state index contributed by atoms with van der Waals surface area (Å²) in [5, 5.41) is 3.15. The molecular weight excluding hydrogens is 331 g/mol. The van der Waals surface area contributed by atoms with Crippen LogP contribution in [0, 0.1) is 12.7 Å². The van der Waals surface area contributed by atoms with Gasteiger partial charge in [0.15, 0.2) is 5.82 Å². The normalized spacial score (nSPS) is 11.8. The Morgan fingerprint density at radius 3 is 2.65 bits per heavy atom. The lowest BCUT2D eigenvalue weighted by Crippen LogP contribution is -2.19. The first-order valence-electron chi connectivity index (χ1n) is 8.58. The van der Waals surface area contributed by atoms with Crippen LogP contribution in [0.3, 0.4) is 0 Å². The first-order chi connectivity index (χ1) is 12.5. The van der Waals surface area contributed by atoms with E-state index in [1.165, 1.54) is 16.8 Å². The topological polar surface area (TPSA) is 63.0 Å². The second kappa shape index (κ2) is 7.47. The van der Waals surface area contributed by atoms with Gasteiger partial charge in [0.05, 0.1) is 17.0 Å². The molecule has 1 N–H and O–H groups in total. The number of hydrogen-bond donors (Lipinski definition) is 1. The monoisotopic (exact) mass is 352 g/mol. The van der Waals surface area contributed by atoms with E-state index < -0.39 is 0 Å². The molecule has 0 fully saturated rings. The zero-order chi connectivity index (χ0) is 18.7.